The van der Waals surface area contributed by atoms with E-state index in [1.807, 2.05) is 0 Å². The number of carboxylic acid groups (broad SMARTS) is 1. The van der Waals surface area contributed by atoms with Gasteiger partial charge in [0, 0.05) is 25.9 Å². The van der Waals surface area contributed by atoms with E-state index in [1.165, 1.54) is 30.4 Å². The standard InChI is InChI=1S/C25H40N2O4/c1-21-13-15-22(16-14-21)11-10-12-23(28)26-19-8-6-4-2-3-5-7-9-20-27-24(29)17-18-25(30)31/h13-16H,2-12,17-20H2,1H3,(H,26,28)(H,27,29)(H,30,31). The summed E-state index contributed by atoms with van der Waals surface area (Å²) in [6.45, 7) is 3.48. The Balaban J connectivity index is 1.82. The summed E-state index contributed by atoms with van der Waals surface area (Å²) in [5, 5.41) is 14.3. The SMILES string of the molecule is Cc1ccc(CCCC(=O)NCCCCCCCCCCNC(=O)CCC(=O)O)cc1. The van der Waals surface area contributed by atoms with Crippen molar-refractivity contribution < 1.29 is 19.5 Å². The first-order valence-electron chi connectivity index (χ1n) is 11.8. The molecule has 0 radical (unpaired) electrons. The Hall–Kier alpha value is -2.37. The van der Waals surface area contributed by atoms with Gasteiger partial charge in [-0.15, -0.1) is 0 Å². The quantitative estimate of drug-likeness (QED) is 0.297. The highest BCUT2D eigenvalue weighted by Crippen LogP contribution is 2.09. The number of carboxylic acids is 1. The van der Waals surface area contributed by atoms with Gasteiger partial charge in [0.2, 0.25) is 11.8 Å². The normalized spacial score (nSPS) is 10.6. The zero-order valence-electron chi connectivity index (χ0n) is 19.1. The van der Waals surface area contributed by atoms with E-state index in [-0.39, 0.29) is 24.7 Å². The second-order valence-electron chi connectivity index (χ2n) is 8.26. The van der Waals surface area contributed by atoms with Crippen LogP contribution in [-0.2, 0) is 20.8 Å². The molecule has 0 aliphatic heterocycles. The molecule has 3 N–H and O–H groups in total. The molecule has 0 spiro atoms. The number of benzene rings is 1. The van der Waals surface area contributed by atoms with Crippen LogP contribution in [0.15, 0.2) is 24.3 Å². The Bertz CT molecular complexity index is 643. The minimum atomic E-state index is -0.939. The molecule has 0 saturated carbocycles. The summed E-state index contributed by atoms with van der Waals surface area (Å²) < 4.78 is 0. The van der Waals surface area contributed by atoms with Crippen LogP contribution in [0.4, 0.5) is 0 Å². The number of unbranched alkanes of at least 4 members (excludes halogenated alkanes) is 7. The van der Waals surface area contributed by atoms with Gasteiger partial charge in [-0.3, -0.25) is 14.4 Å². The third kappa shape index (κ3) is 16.0. The van der Waals surface area contributed by atoms with Crippen molar-refractivity contribution in [2.75, 3.05) is 13.1 Å². The molecule has 0 unspecified atom stereocenters. The number of amides is 2. The summed E-state index contributed by atoms with van der Waals surface area (Å²) in [7, 11) is 0. The second kappa shape index (κ2) is 17.3. The van der Waals surface area contributed by atoms with Gasteiger partial charge >= 0.3 is 5.97 Å². The topological polar surface area (TPSA) is 95.5 Å². The Morgan fingerprint density at radius 1 is 0.677 bits per heavy atom. The number of carbonyl (C=O) groups is 3. The molecule has 6 heteroatoms. The van der Waals surface area contributed by atoms with Crippen molar-refractivity contribution in [3.05, 3.63) is 35.4 Å². The number of rotatable bonds is 18. The minimum absolute atomic E-state index is 0.0587. The molecule has 0 heterocycles. The molecule has 0 aromatic heterocycles. The van der Waals surface area contributed by atoms with Crippen molar-refractivity contribution in [1.29, 1.82) is 0 Å². The van der Waals surface area contributed by atoms with Gasteiger partial charge < -0.3 is 15.7 Å². The number of hydrogen-bond acceptors (Lipinski definition) is 3. The van der Waals surface area contributed by atoms with Crippen LogP contribution in [-0.4, -0.2) is 36.0 Å². The molecule has 0 fully saturated rings. The molecule has 0 bridgehead atoms. The van der Waals surface area contributed by atoms with Crippen molar-refractivity contribution in [3.8, 4) is 0 Å². The van der Waals surface area contributed by atoms with E-state index in [4.69, 9.17) is 5.11 Å². The number of nitrogens with one attached hydrogen (secondary N) is 2. The van der Waals surface area contributed by atoms with Crippen molar-refractivity contribution >= 4 is 17.8 Å². The lowest BCUT2D eigenvalue weighted by Crippen LogP contribution is -2.24. The third-order valence-electron chi connectivity index (χ3n) is 5.30. The molecular weight excluding hydrogens is 392 g/mol. The number of aryl methyl sites for hydroxylation is 2. The minimum Gasteiger partial charge on any atom is -0.481 e. The van der Waals surface area contributed by atoms with Crippen LogP contribution < -0.4 is 10.6 Å². The van der Waals surface area contributed by atoms with Gasteiger partial charge in [-0.05, 0) is 38.2 Å². The summed E-state index contributed by atoms with van der Waals surface area (Å²) >= 11 is 0. The van der Waals surface area contributed by atoms with E-state index in [2.05, 4.69) is 41.8 Å². The van der Waals surface area contributed by atoms with Gasteiger partial charge in [-0.1, -0.05) is 68.4 Å². The monoisotopic (exact) mass is 432 g/mol. The first-order chi connectivity index (χ1) is 15.0. The van der Waals surface area contributed by atoms with Crippen LogP contribution in [0.2, 0.25) is 0 Å². The average molecular weight is 433 g/mol. The lowest BCUT2D eigenvalue weighted by Gasteiger charge is -2.06. The largest absolute Gasteiger partial charge is 0.481 e. The summed E-state index contributed by atoms with van der Waals surface area (Å²) in [5.41, 5.74) is 2.55. The van der Waals surface area contributed by atoms with Crippen LogP contribution in [0.1, 0.15) is 88.2 Å². The Morgan fingerprint density at radius 3 is 1.68 bits per heavy atom. The first kappa shape index (κ1) is 26.7. The van der Waals surface area contributed by atoms with Crippen LogP contribution in [0.5, 0.6) is 0 Å². The van der Waals surface area contributed by atoms with Gasteiger partial charge in [0.1, 0.15) is 0 Å². The lowest BCUT2D eigenvalue weighted by molar-refractivity contribution is -0.138. The van der Waals surface area contributed by atoms with Crippen molar-refractivity contribution in [3.63, 3.8) is 0 Å². The molecule has 0 saturated heterocycles. The fraction of sp³-hybridized carbons (Fsp3) is 0.640. The van der Waals surface area contributed by atoms with Gasteiger partial charge in [0.15, 0.2) is 0 Å². The number of carbonyl (C=O) groups excluding carboxylic acids is 2. The molecule has 174 valence electrons. The average Bonchev–Trinajstić information content (AvgIpc) is 2.74. The van der Waals surface area contributed by atoms with Crippen molar-refractivity contribution in [1.82, 2.24) is 10.6 Å². The smallest absolute Gasteiger partial charge is 0.303 e. The molecule has 0 atom stereocenters. The molecule has 0 aliphatic carbocycles. The number of hydrogen-bond donors (Lipinski definition) is 3. The fourth-order valence-corrected chi connectivity index (χ4v) is 3.37. The maximum Gasteiger partial charge on any atom is 0.303 e. The van der Waals surface area contributed by atoms with E-state index in [0.29, 0.717) is 13.0 Å². The van der Waals surface area contributed by atoms with E-state index in [9.17, 15) is 14.4 Å². The van der Waals surface area contributed by atoms with Gasteiger partial charge in [-0.2, -0.15) is 0 Å². The highest BCUT2D eigenvalue weighted by Gasteiger charge is 2.04. The Labute approximate surface area is 187 Å². The molecule has 0 aliphatic rings. The molecule has 1 aromatic rings. The van der Waals surface area contributed by atoms with Crippen LogP contribution >= 0.6 is 0 Å². The summed E-state index contributed by atoms with van der Waals surface area (Å²) in [4.78, 5) is 33.6. The number of aliphatic carboxylic acids is 1. The summed E-state index contributed by atoms with van der Waals surface area (Å²) in [6.07, 6.45) is 11.3. The highest BCUT2D eigenvalue weighted by atomic mass is 16.4. The lowest BCUT2D eigenvalue weighted by atomic mass is 10.1. The van der Waals surface area contributed by atoms with Gasteiger partial charge in [0.25, 0.3) is 0 Å². The van der Waals surface area contributed by atoms with Crippen LogP contribution in [0, 0.1) is 6.92 Å². The molecule has 1 aromatic carbocycles. The van der Waals surface area contributed by atoms with Crippen molar-refractivity contribution in [2.24, 2.45) is 0 Å². The summed E-state index contributed by atoms with van der Waals surface area (Å²) in [6, 6.07) is 8.50. The van der Waals surface area contributed by atoms with E-state index < -0.39 is 5.97 Å². The van der Waals surface area contributed by atoms with E-state index >= 15 is 0 Å². The first-order valence-corrected chi connectivity index (χ1v) is 11.8. The molecular formula is C25H40N2O4. The fourth-order valence-electron chi connectivity index (χ4n) is 3.37. The Morgan fingerprint density at radius 2 is 1.16 bits per heavy atom. The maximum atomic E-state index is 11.9. The third-order valence-corrected chi connectivity index (χ3v) is 5.30. The Kier molecular flexibility index (Phi) is 14.9. The van der Waals surface area contributed by atoms with Crippen LogP contribution in [0.25, 0.3) is 0 Å². The zero-order chi connectivity index (χ0) is 22.7. The molecule has 1 rings (SSSR count). The van der Waals surface area contributed by atoms with E-state index in [0.717, 1.165) is 51.5 Å². The molecule has 2 amide bonds. The van der Waals surface area contributed by atoms with Gasteiger partial charge in [-0.25, -0.2) is 0 Å². The highest BCUT2D eigenvalue weighted by molar-refractivity contribution is 5.80. The predicted molar refractivity (Wildman–Crippen MR) is 124 cm³/mol. The summed E-state index contributed by atoms with van der Waals surface area (Å²) in [5.74, 6) is -0.964. The maximum absolute atomic E-state index is 11.9. The molecule has 31 heavy (non-hydrogen) atoms. The molecule has 6 nitrogen and oxygen atoms in total. The zero-order valence-corrected chi connectivity index (χ0v) is 19.1. The van der Waals surface area contributed by atoms with E-state index in [1.54, 1.807) is 0 Å². The second-order valence-corrected chi connectivity index (χ2v) is 8.26. The van der Waals surface area contributed by atoms with Crippen LogP contribution in [0.3, 0.4) is 0 Å². The van der Waals surface area contributed by atoms with Crippen molar-refractivity contribution in [2.45, 2.75) is 90.4 Å². The predicted octanol–water partition coefficient (Wildman–Crippen LogP) is 4.54. The van der Waals surface area contributed by atoms with Gasteiger partial charge in [0.05, 0.1) is 6.42 Å².